The maximum absolute atomic E-state index is 13.1. The van der Waals surface area contributed by atoms with Crippen molar-refractivity contribution >= 4 is 12.0 Å². The number of oxazole rings is 6. The standard InChI is InChI=1S/C26H19N7O7/c1-12(2)20-26-32-18(11-40-26)25-30-16(9-39-25)22-27-13(6-36-22)4-3-5-19-28-15(8-35-19)23-31-17(10-38-23)24-29-14(7-37-24)21(34)33-20/h3-4,6-12,20H,5H2,1-2H3,(H,33,34)/b4-3+/t20-/m1/s1. The number of carbonyl (C=O) groups is 1. The summed E-state index contributed by atoms with van der Waals surface area (Å²) in [5.41, 5.74) is 2.03. The lowest BCUT2D eigenvalue weighted by atomic mass is 10.0. The van der Waals surface area contributed by atoms with Crippen LogP contribution in [0.3, 0.4) is 0 Å². The number of rotatable bonds is 1. The van der Waals surface area contributed by atoms with Crippen LogP contribution in [0.2, 0.25) is 0 Å². The molecule has 1 aliphatic heterocycles. The van der Waals surface area contributed by atoms with Crippen LogP contribution in [-0.2, 0) is 6.42 Å². The molecule has 14 nitrogen and oxygen atoms in total. The second-order valence-electron chi connectivity index (χ2n) is 9.19. The Bertz CT molecular complexity index is 1850. The van der Waals surface area contributed by atoms with E-state index in [9.17, 15) is 4.79 Å². The van der Waals surface area contributed by atoms with E-state index in [0.717, 1.165) is 0 Å². The summed E-state index contributed by atoms with van der Waals surface area (Å²) in [6, 6.07) is -0.581. The Morgan fingerprint density at radius 2 is 1.23 bits per heavy atom. The molecule has 14 heteroatoms. The monoisotopic (exact) mass is 541 g/mol. The van der Waals surface area contributed by atoms with Crippen LogP contribution >= 0.6 is 0 Å². The summed E-state index contributed by atoms with van der Waals surface area (Å²) in [5, 5.41) is 2.89. The molecule has 0 fully saturated rings. The molecule has 6 aromatic rings. The molecule has 0 unspecified atom stereocenters. The minimum absolute atomic E-state index is 0.0459. The highest BCUT2D eigenvalue weighted by Crippen LogP contribution is 2.29. The van der Waals surface area contributed by atoms with Gasteiger partial charge in [-0.3, -0.25) is 4.79 Å². The highest BCUT2D eigenvalue weighted by Gasteiger charge is 2.27. The van der Waals surface area contributed by atoms with Gasteiger partial charge in [-0.15, -0.1) is 0 Å². The van der Waals surface area contributed by atoms with Crippen molar-refractivity contribution in [1.29, 1.82) is 0 Å². The predicted molar refractivity (Wildman–Crippen MR) is 133 cm³/mol. The minimum Gasteiger partial charge on any atom is -0.448 e. The summed E-state index contributed by atoms with van der Waals surface area (Å²) in [5.74, 6) is 0.929. The van der Waals surface area contributed by atoms with Crippen molar-refractivity contribution in [2.24, 2.45) is 5.92 Å². The fraction of sp³-hybridized carbons (Fsp3) is 0.192. The number of nitrogens with one attached hydrogen (secondary N) is 1. The molecular weight excluding hydrogens is 522 g/mol. The molecule has 1 amide bonds. The maximum atomic E-state index is 13.1. The van der Waals surface area contributed by atoms with E-state index in [4.69, 9.17) is 26.5 Å². The van der Waals surface area contributed by atoms with Gasteiger partial charge in [0.15, 0.2) is 34.4 Å². The second kappa shape index (κ2) is 9.34. The Morgan fingerprint density at radius 3 is 1.95 bits per heavy atom. The SMILES string of the molecule is CC(C)[C@H]1NC(=O)c2coc(n2)-c2coc(n2)-c2coc(n2)C/C=C/c2coc(n2)-c2coc(n2)-c2coc1n2. The summed E-state index contributed by atoms with van der Waals surface area (Å²) >= 11 is 0. The van der Waals surface area contributed by atoms with Crippen molar-refractivity contribution in [2.75, 3.05) is 0 Å². The van der Waals surface area contributed by atoms with Crippen LogP contribution in [0, 0.1) is 5.92 Å². The lowest BCUT2D eigenvalue weighted by Crippen LogP contribution is -2.32. The third-order valence-corrected chi connectivity index (χ3v) is 6.02. The first kappa shape index (κ1) is 23.6. The summed E-state index contributed by atoms with van der Waals surface area (Å²) in [7, 11) is 0. The number of nitrogens with zero attached hydrogens (tertiary/aromatic N) is 6. The number of allylic oxidation sites excluding steroid dienone is 1. The number of amides is 1. The zero-order valence-electron chi connectivity index (χ0n) is 21.0. The lowest BCUT2D eigenvalue weighted by molar-refractivity contribution is 0.0911. The lowest BCUT2D eigenvalue weighted by Gasteiger charge is -2.18. The van der Waals surface area contributed by atoms with Crippen LogP contribution in [0.25, 0.3) is 52.4 Å². The average molecular weight is 541 g/mol. The first-order valence-corrected chi connectivity index (χ1v) is 12.2. The van der Waals surface area contributed by atoms with Crippen LogP contribution in [-0.4, -0.2) is 35.8 Å². The highest BCUT2D eigenvalue weighted by molar-refractivity contribution is 5.92. The van der Waals surface area contributed by atoms with Gasteiger partial charge in [0.2, 0.25) is 29.5 Å². The Balaban J connectivity index is 1.26. The van der Waals surface area contributed by atoms with Crippen molar-refractivity contribution < 1.29 is 31.3 Å². The normalized spacial score (nSPS) is 16.1. The Morgan fingerprint density at radius 1 is 0.675 bits per heavy atom. The van der Waals surface area contributed by atoms with Crippen LogP contribution in [0.4, 0.5) is 0 Å². The van der Waals surface area contributed by atoms with Gasteiger partial charge >= 0.3 is 0 Å². The number of carbonyl (C=O) groups excluding carboxylic acids is 1. The molecular formula is C26H19N7O7. The first-order chi connectivity index (χ1) is 19.5. The fourth-order valence-electron chi connectivity index (χ4n) is 4.00. The van der Waals surface area contributed by atoms with Crippen molar-refractivity contribution in [2.45, 2.75) is 26.3 Å². The van der Waals surface area contributed by atoms with E-state index < -0.39 is 11.9 Å². The molecule has 1 N–H and O–H groups in total. The van der Waals surface area contributed by atoms with E-state index in [1.165, 1.54) is 37.6 Å². The van der Waals surface area contributed by atoms with Crippen molar-refractivity contribution in [3.63, 3.8) is 0 Å². The van der Waals surface area contributed by atoms with E-state index in [1.807, 2.05) is 19.9 Å². The second-order valence-corrected chi connectivity index (χ2v) is 9.19. The fourth-order valence-corrected chi connectivity index (χ4v) is 4.00. The Labute approximate surface area is 224 Å². The number of fused-ring (bicyclic) bond motifs is 16. The molecule has 7 rings (SSSR count). The molecule has 7 heterocycles. The van der Waals surface area contributed by atoms with Gasteiger partial charge in [0.25, 0.3) is 5.91 Å². The number of aromatic nitrogens is 6. The van der Waals surface area contributed by atoms with Crippen LogP contribution in [0.1, 0.15) is 47.9 Å². The zero-order valence-corrected chi connectivity index (χ0v) is 21.0. The van der Waals surface area contributed by atoms with Crippen molar-refractivity contribution in [3.8, 4) is 46.3 Å². The molecule has 0 aliphatic carbocycles. The third kappa shape index (κ3) is 4.30. The molecule has 6 aromatic heterocycles. The average Bonchev–Trinajstić information content (AvgIpc) is 3.76. The molecule has 0 radical (unpaired) electrons. The summed E-state index contributed by atoms with van der Waals surface area (Å²) in [6.07, 6.45) is 12.3. The van der Waals surface area contributed by atoms with Crippen molar-refractivity contribution in [1.82, 2.24) is 35.2 Å². The topological polar surface area (TPSA) is 185 Å². The molecule has 0 saturated heterocycles. The van der Waals surface area contributed by atoms with E-state index >= 15 is 0 Å². The Kier molecular flexibility index (Phi) is 5.50. The van der Waals surface area contributed by atoms with E-state index in [-0.39, 0.29) is 46.8 Å². The van der Waals surface area contributed by atoms with E-state index in [0.29, 0.717) is 35.1 Å². The van der Waals surface area contributed by atoms with Crippen LogP contribution < -0.4 is 5.32 Å². The van der Waals surface area contributed by atoms with Gasteiger partial charge in [-0.2, -0.15) is 0 Å². The quantitative estimate of drug-likeness (QED) is 0.294. The van der Waals surface area contributed by atoms with E-state index in [2.05, 4.69) is 35.2 Å². The van der Waals surface area contributed by atoms with E-state index in [1.54, 1.807) is 6.08 Å². The van der Waals surface area contributed by atoms with Gasteiger partial charge in [0.05, 0.1) is 0 Å². The Hall–Kier alpha value is -5.53. The highest BCUT2D eigenvalue weighted by atomic mass is 16.4. The summed E-state index contributed by atoms with van der Waals surface area (Å²) < 4.78 is 33.4. The van der Waals surface area contributed by atoms with Gasteiger partial charge in [0, 0.05) is 6.42 Å². The van der Waals surface area contributed by atoms with Crippen molar-refractivity contribution in [3.05, 3.63) is 66.8 Å². The van der Waals surface area contributed by atoms with Gasteiger partial charge in [0.1, 0.15) is 49.3 Å². The molecule has 0 saturated carbocycles. The van der Waals surface area contributed by atoms with Gasteiger partial charge < -0.3 is 31.8 Å². The maximum Gasteiger partial charge on any atom is 0.273 e. The minimum atomic E-state index is -0.581. The van der Waals surface area contributed by atoms with Gasteiger partial charge in [-0.1, -0.05) is 19.9 Å². The largest absolute Gasteiger partial charge is 0.448 e. The summed E-state index contributed by atoms with van der Waals surface area (Å²) in [4.78, 5) is 39.5. The smallest absolute Gasteiger partial charge is 0.273 e. The molecule has 1 aliphatic rings. The van der Waals surface area contributed by atoms with Crippen LogP contribution in [0.15, 0.2) is 70.2 Å². The predicted octanol–water partition coefficient (Wildman–Crippen LogP) is 4.98. The number of hydrogen-bond acceptors (Lipinski definition) is 13. The summed E-state index contributed by atoms with van der Waals surface area (Å²) in [6.45, 7) is 3.84. The molecule has 1 atom stereocenters. The number of hydrogen-bond donors (Lipinski definition) is 1. The third-order valence-electron chi connectivity index (χ3n) is 6.02. The molecule has 0 spiro atoms. The molecule has 200 valence electrons. The molecule has 40 heavy (non-hydrogen) atoms. The molecule has 12 bridgehead atoms. The first-order valence-electron chi connectivity index (χ1n) is 12.2. The molecule has 0 aromatic carbocycles. The van der Waals surface area contributed by atoms with Gasteiger partial charge in [-0.05, 0) is 12.0 Å². The van der Waals surface area contributed by atoms with Crippen LogP contribution in [0.5, 0.6) is 0 Å². The zero-order chi connectivity index (χ0) is 27.2. The van der Waals surface area contributed by atoms with Gasteiger partial charge in [-0.25, -0.2) is 29.9 Å².